The second-order valence-electron chi connectivity index (χ2n) is 6.29. The van der Waals surface area contributed by atoms with Crippen LogP contribution in [0.15, 0.2) is 61.3 Å². The van der Waals surface area contributed by atoms with Gasteiger partial charge in [0.1, 0.15) is 12.4 Å². The average Bonchev–Trinajstić information content (AvgIpc) is 2.73. The average molecular weight is 365 g/mol. The molecule has 27 heavy (non-hydrogen) atoms. The van der Waals surface area contributed by atoms with Crippen molar-refractivity contribution in [2.75, 3.05) is 32.8 Å². The molecular formula is C21H23N3O3. The quantitative estimate of drug-likeness (QED) is 0.736. The lowest BCUT2D eigenvalue weighted by atomic mass is 10.1. The first-order valence-corrected chi connectivity index (χ1v) is 8.98. The van der Waals surface area contributed by atoms with Gasteiger partial charge in [-0.25, -0.2) is 0 Å². The van der Waals surface area contributed by atoms with Crippen LogP contribution in [0.1, 0.15) is 16.1 Å². The zero-order valence-electron chi connectivity index (χ0n) is 15.2. The largest absolute Gasteiger partial charge is 0.490 e. The molecule has 6 nitrogen and oxygen atoms in total. The monoisotopic (exact) mass is 365 g/mol. The Bertz CT molecular complexity index is 782. The fourth-order valence-electron chi connectivity index (χ4n) is 2.96. The number of carbonyl (C=O) groups is 2. The van der Waals surface area contributed by atoms with Crippen LogP contribution in [0.4, 0.5) is 0 Å². The minimum atomic E-state index is -0.0258. The topological polar surface area (TPSA) is 62.7 Å². The highest BCUT2D eigenvalue weighted by molar-refractivity contribution is 5.94. The fourth-order valence-corrected chi connectivity index (χ4v) is 2.96. The first-order valence-electron chi connectivity index (χ1n) is 8.98. The molecule has 6 heteroatoms. The van der Waals surface area contributed by atoms with E-state index in [2.05, 4.69) is 11.6 Å². The molecule has 1 saturated heterocycles. The van der Waals surface area contributed by atoms with Crippen LogP contribution in [0.5, 0.6) is 5.75 Å². The van der Waals surface area contributed by atoms with Gasteiger partial charge < -0.3 is 14.5 Å². The summed E-state index contributed by atoms with van der Waals surface area (Å²) in [5.41, 5.74) is 1.38. The van der Waals surface area contributed by atoms with Crippen molar-refractivity contribution in [1.29, 1.82) is 0 Å². The highest BCUT2D eigenvalue weighted by Crippen LogP contribution is 2.15. The Hall–Kier alpha value is -3.15. The van der Waals surface area contributed by atoms with Crippen molar-refractivity contribution in [3.8, 4) is 5.75 Å². The number of carbonyl (C=O) groups excluding carboxylic acids is 2. The number of hydrogen-bond acceptors (Lipinski definition) is 4. The summed E-state index contributed by atoms with van der Waals surface area (Å²) in [6.07, 6.45) is 3.65. The van der Waals surface area contributed by atoms with Gasteiger partial charge in [-0.15, -0.1) is 0 Å². The molecule has 0 saturated carbocycles. The molecule has 1 aromatic heterocycles. The number of amides is 2. The molecule has 0 unspecified atom stereocenters. The van der Waals surface area contributed by atoms with E-state index in [9.17, 15) is 9.59 Å². The van der Waals surface area contributed by atoms with Crippen LogP contribution in [0.2, 0.25) is 0 Å². The van der Waals surface area contributed by atoms with E-state index in [-0.39, 0.29) is 11.8 Å². The van der Waals surface area contributed by atoms with Gasteiger partial charge >= 0.3 is 0 Å². The number of piperazine rings is 1. The van der Waals surface area contributed by atoms with Gasteiger partial charge in [-0.2, -0.15) is 0 Å². The van der Waals surface area contributed by atoms with E-state index >= 15 is 0 Å². The molecule has 0 aliphatic carbocycles. The number of rotatable bonds is 6. The minimum Gasteiger partial charge on any atom is -0.490 e. The van der Waals surface area contributed by atoms with Crippen LogP contribution in [-0.4, -0.2) is 59.4 Å². The number of aromatic nitrogens is 1. The normalized spacial score (nSPS) is 13.9. The molecule has 0 spiro atoms. The summed E-state index contributed by atoms with van der Waals surface area (Å²) in [6.45, 7) is 6.18. The van der Waals surface area contributed by atoms with Crippen molar-refractivity contribution in [1.82, 2.24) is 14.8 Å². The number of pyridine rings is 1. The molecule has 2 heterocycles. The summed E-state index contributed by atoms with van der Waals surface area (Å²) in [5, 5.41) is 0. The number of hydrogen-bond donors (Lipinski definition) is 0. The Morgan fingerprint density at radius 1 is 1.04 bits per heavy atom. The van der Waals surface area contributed by atoms with Gasteiger partial charge in [-0.1, -0.05) is 18.7 Å². The Kier molecular flexibility index (Phi) is 6.20. The van der Waals surface area contributed by atoms with Crippen LogP contribution in [-0.2, 0) is 11.2 Å². The Labute approximate surface area is 159 Å². The molecule has 0 atom stereocenters. The zero-order valence-corrected chi connectivity index (χ0v) is 15.2. The molecule has 2 amide bonds. The van der Waals surface area contributed by atoms with Crippen molar-refractivity contribution in [3.63, 3.8) is 0 Å². The van der Waals surface area contributed by atoms with Gasteiger partial charge in [0.05, 0.1) is 6.42 Å². The van der Waals surface area contributed by atoms with Gasteiger partial charge in [-0.05, 0) is 36.4 Å². The van der Waals surface area contributed by atoms with Crippen molar-refractivity contribution < 1.29 is 14.3 Å². The Morgan fingerprint density at radius 2 is 1.74 bits per heavy atom. The van der Waals surface area contributed by atoms with Crippen molar-refractivity contribution in [2.45, 2.75) is 6.42 Å². The maximum Gasteiger partial charge on any atom is 0.253 e. The molecule has 0 bridgehead atoms. The summed E-state index contributed by atoms with van der Waals surface area (Å²) in [6, 6.07) is 12.6. The molecule has 0 N–H and O–H groups in total. The maximum atomic E-state index is 12.6. The maximum absolute atomic E-state index is 12.6. The molecule has 140 valence electrons. The highest BCUT2D eigenvalue weighted by Gasteiger charge is 2.25. The van der Waals surface area contributed by atoms with Gasteiger partial charge in [-0.3, -0.25) is 14.6 Å². The molecule has 3 rings (SSSR count). The van der Waals surface area contributed by atoms with Gasteiger partial charge in [0.15, 0.2) is 0 Å². The zero-order chi connectivity index (χ0) is 19.1. The Balaban J connectivity index is 1.51. The predicted molar refractivity (Wildman–Crippen MR) is 103 cm³/mol. The summed E-state index contributed by atoms with van der Waals surface area (Å²) in [4.78, 5) is 32.8. The smallest absolute Gasteiger partial charge is 0.253 e. The summed E-state index contributed by atoms with van der Waals surface area (Å²) >= 11 is 0. The van der Waals surface area contributed by atoms with Crippen molar-refractivity contribution in [3.05, 3.63) is 72.6 Å². The summed E-state index contributed by atoms with van der Waals surface area (Å²) in [7, 11) is 0. The third kappa shape index (κ3) is 4.94. The van der Waals surface area contributed by atoms with E-state index in [0.29, 0.717) is 50.5 Å². The second kappa shape index (κ2) is 8.98. The van der Waals surface area contributed by atoms with Gasteiger partial charge in [0, 0.05) is 43.6 Å². The van der Waals surface area contributed by atoms with E-state index < -0.39 is 0 Å². The van der Waals surface area contributed by atoms with E-state index in [1.54, 1.807) is 46.3 Å². The van der Waals surface area contributed by atoms with Crippen LogP contribution in [0.25, 0.3) is 0 Å². The van der Waals surface area contributed by atoms with Crippen LogP contribution >= 0.6 is 0 Å². The Morgan fingerprint density at radius 3 is 2.37 bits per heavy atom. The minimum absolute atomic E-state index is 0.0258. The SMILES string of the molecule is C=CCOc1ccc(C(=O)N2CCN(C(=O)Cc3ccccn3)CC2)cc1. The summed E-state index contributed by atoms with van der Waals surface area (Å²) in [5.74, 6) is 0.725. The van der Waals surface area contributed by atoms with Crippen LogP contribution in [0.3, 0.4) is 0 Å². The second-order valence-corrected chi connectivity index (χ2v) is 6.29. The van der Waals surface area contributed by atoms with Crippen LogP contribution in [0, 0.1) is 0 Å². The number of benzene rings is 1. The van der Waals surface area contributed by atoms with Gasteiger partial charge in [0.2, 0.25) is 5.91 Å². The first kappa shape index (κ1) is 18.6. The third-order valence-electron chi connectivity index (χ3n) is 4.45. The number of nitrogens with zero attached hydrogens (tertiary/aromatic N) is 3. The third-order valence-corrected chi connectivity index (χ3v) is 4.45. The predicted octanol–water partition coefficient (Wildman–Crippen LogP) is 2.17. The van der Waals surface area contributed by atoms with E-state index in [0.717, 1.165) is 5.69 Å². The molecule has 1 aliphatic heterocycles. The van der Waals surface area contributed by atoms with E-state index in [1.807, 2.05) is 18.2 Å². The lowest BCUT2D eigenvalue weighted by molar-refractivity contribution is -0.132. The molecule has 1 aromatic carbocycles. The van der Waals surface area contributed by atoms with E-state index in [1.165, 1.54) is 0 Å². The van der Waals surface area contributed by atoms with Crippen molar-refractivity contribution in [2.24, 2.45) is 0 Å². The van der Waals surface area contributed by atoms with Crippen molar-refractivity contribution >= 4 is 11.8 Å². The molecule has 0 radical (unpaired) electrons. The fraction of sp³-hybridized carbons (Fsp3) is 0.286. The van der Waals surface area contributed by atoms with E-state index in [4.69, 9.17) is 4.74 Å². The molecule has 1 aliphatic rings. The van der Waals surface area contributed by atoms with Crippen LogP contribution < -0.4 is 4.74 Å². The molecule has 1 fully saturated rings. The van der Waals surface area contributed by atoms with Gasteiger partial charge in [0.25, 0.3) is 5.91 Å². The molecular weight excluding hydrogens is 342 g/mol. The highest BCUT2D eigenvalue weighted by atomic mass is 16.5. The lowest BCUT2D eigenvalue weighted by Gasteiger charge is -2.34. The first-order chi connectivity index (χ1) is 13.2. The lowest BCUT2D eigenvalue weighted by Crippen LogP contribution is -2.51. The molecule has 2 aromatic rings. The standard InChI is InChI=1S/C21H23N3O3/c1-2-15-27-19-8-6-17(7-9-19)21(26)24-13-11-23(12-14-24)20(25)16-18-5-3-4-10-22-18/h2-10H,1,11-16H2. The summed E-state index contributed by atoms with van der Waals surface area (Å²) < 4.78 is 5.43. The number of ether oxygens (including phenoxy) is 1.